The molecule has 1 fully saturated rings. The van der Waals surface area contributed by atoms with E-state index in [0.29, 0.717) is 28.7 Å². The van der Waals surface area contributed by atoms with Crippen LogP contribution in [-0.2, 0) is 25.4 Å². The van der Waals surface area contributed by atoms with Gasteiger partial charge in [0.25, 0.3) is 0 Å². The van der Waals surface area contributed by atoms with Gasteiger partial charge < -0.3 is 33.2 Å². The molecule has 9 atom stereocenters. The summed E-state index contributed by atoms with van der Waals surface area (Å²) in [6.07, 6.45) is 10.4. The normalized spacial score (nSPS) is 22.1. The Morgan fingerprint density at radius 3 is 1.94 bits per heavy atom. The van der Waals surface area contributed by atoms with Crippen molar-refractivity contribution >= 4 is 23.9 Å². The van der Waals surface area contributed by atoms with E-state index in [9.17, 15) is 19.2 Å². The van der Waals surface area contributed by atoms with Crippen molar-refractivity contribution in [2.45, 2.75) is 162 Å². The maximum atomic E-state index is 14.4. The largest absolute Gasteiger partial charge is 0.462 e. The average molecular weight is 1040 g/mol. The predicted octanol–water partition coefficient (Wildman–Crippen LogP) is 15.0. The second-order valence-electron chi connectivity index (χ2n) is 22.3. The van der Waals surface area contributed by atoms with Gasteiger partial charge in [0.05, 0.1) is 23.3 Å². The molecule has 0 N–H and O–H groups in total. The summed E-state index contributed by atoms with van der Waals surface area (Å²) in [4.78, 5) is 54.7. The maximum Gasteiger partial charge on any atom is 0.343 e. The zero-order valence-corrected chi connectivity index (χ0v) is 46.2. The number of carbonyl (C=O) groups excluding carboxylic acids is 4. The standard InChI is InChI=1S/C66H74O11/c1-38(2)19-16-27-49(51-31-29-40(5)56-54(51)33-42(7)59(75-63(69)46-22-12-10-13-23-46)61(56)76-64(70)47-24-14-11-15-25-47)37-71-62(68)48-26-18-21-45(34-48)35-50-36-55(74-65-43(8)72-65)57-41(6)30-32-52-53(28-17-20-39(3)4)66(73-44(9)67)77-60(50)58(52)57/h10-15,18-26,33-34,36,40-41,43,49,51-53,65-66H,16-17,27-32,35,37H2,1-9H3/t40-,41-,43?,49?,51+,52+,53+,65?,66?/m1/s1. The van der Waals surface area contributed by atoms with Gasteiger partial charge in [0, 0.05) is 47.4 Å². The first kappa shape index (κ1) is 54.8. The Balaban J connectivity index is 1.02. The molecule has 0 aromatic heterocycles. The number of hydrogen-bond acceptors (Lipinski definition) is 11. The minimum Gasteiger partial charge on any atom is -0.462 e. The predicted molar refractivity (Wildman–Crippen MR) is 296 cm³/mol. The summed E-state index contributed by atoms with van der Waals surface area (Å²) in [7, 11) is 0. The number of fused-ring (bicyclic) bond motifs is 1. The fraction of sp³-hybridized carbons (Fsp3) is 0.424. The van der Waals surface area contributed by atoms with Crippen LogP contribution in [-0.4, -0.2) is 49.2 Å². The van der Waals surface area contributed by atoms with Crippen LogP contribution in [0.1, 0.15) is 200 Å². The number of hydrogen-bond donors (Lipinski definition) is 0. The Labute approximate surface area is 454 Å². The van der Waals surface area contributed by atoms with Crippen LogP contribution >= 0.6 is 0 Å². The van der Waals surface area contributed by atoms with E-state index in [1.807, 2.05) is 44.2 Å². The van der Waals surface area contributed by atoms with Crippen LogP contribution in [0.3, 0.4) is 0 Å². The second-order valence-corrected chi connectivity index (χ2v) is 22.3. The monoisotopic (exact) mass is 1040 g/mol. The number of benzene rings is 5. The molecule has 2 aliphatic carbocycles. The smallest absolute Gasteiger partial charge is 0.343 e. The summed E-state index contributed by atoms with van der Waals surface area (Å²) < 4.78 is 44.2. The van der Waals surface area contributed by atoms with Gasteiger partial charge in [0.15, 0.2) is 11.5 Å². The first-order chi connectivity index (χ1) is 37.0. The van der Waals surface area contributed by atoms with E-state index >= 15 is 0 Å². The Kier molecular flexibility index (Phi) is 17.2. The van der Waals surface area contributed by atoms with Crippen molar-refractivity contribution in [2.75, 3.05) is 6.61 Å². The van der Waals surface area contributed by atoms with E-state index in [-0.39, 0.29) is 72.0 Å². The fourth-order valence-corrected chi connectivity index (χ4v) is 11.9. The molecule has 0 bridgehead atoms. The Bertz CT molecular complexity index is 3040. The molecule has 77 heavy (non-hydrogen) atoms. The quantitative estimate of drug-likeness (QED) is 0.0338. The number of carbonyl (C=O) groups is 4. The van der Waals surface area contributed by atoms with E-state index < -0.39 is 24.2 Å². The molecule has 5 aromatic rings. The average Bonchev–Trinajstić information content (AvgIpc) is 4.19. The lowest BCUT2D eigenvalue weighted by Crippen LogP contribution is -2.41. The van der Waals surface area contributed by atoms with E-state index in [1.54, 1.807) is 54.6 Å². The van der Waals surface area contributed by atoms with Crippen molar-refractivity contribution in [1.82, 2.24) is 0 Å². The Hall–Kier alpha value is -6.98. The van der Waals surface area contributed by atoms with Gasteiger partial charge >= 0.3 is 23.9 Å². The molecule has 11 nitrogen and oxygen atoms in total. The highest BCUT2D eigenvalue weighted by Crippen LogP contribution is 2.57. The van der Waals surface area contributed by atoms with Gasteiger partial charge in [-0.25, -0.2) is 14.4 Å². The van der Waals surface area contributed by atoms with E-state index in [4.69, 9.17) is 33.2 Å². The molecule has 9 rings (SSSR count). The summed E-state index contributed by atoms with van der Waals surface area (Å²) >= 11 is 0. The SMILES string of the molecule is CC(=O)OC1Oc2c(Cc3cccc(C(=O)OCC(CCC=C(C)C)[C@@H]4CC[C@@H](C)c5c4cc(C)c(OC(=O)c4ccccc4)c5OC(=O)c4ccccc4)c3)cc(OC3OC3C)c3c2[C@@H](CC[C@H]3C)[C@@H]1CCC=C(C)C. The van der Waals surface area contributed by atoms with Crippen molar-refractivity contribution < 1.29 is 52.3 Å². The van der Waals surface area contributed by atoms with Gasteiger partial charge in [0.2, 0.25) is 12.6 Å². The maximum absolute atomic E-state index is 14.4. The number of rotatable bonds is 19. The Morgan fingerprint density at radius 1 is 0.662 bits per heavy atom. The van der Waals surface area contributed by atoms with Crippen molar-refractivity contribution in [3.05, 3.63) is 176 Å². The number of epoxide rings is 1. The summed E-state index contributed by atoms with van der Waals surface area (Å²) in [6, 6.07) is 29.3. The molecule has 2 aliphatic heterocycles. The second kappa shape index (κ2) is 24.1. The van der Waals surface area contributed by atoms with Crippen molar-refractivity contribution in [2.24, 2.45) is 11.8 Å². The highest BCUT2D eigenvalue weighted by atomic mass is 16.8. The molecule has 0 amide bonds. The molecule has 0 saturated carbocycles. The molecular weight excluding hydrogens is 969 g/mol. The summed E-state index contributed by atoms with van der Waals surface area (Å²) in [5.41, 5.74) is 10.1. The molecule has 4 unspecified atom stereocenters. The van der Waals surface area contributed by atoms with Gasteiger partial charge in [-0.05, 0) is 176 Å². The molecule has 2 heterocycles. The fourth-order valence-electron chi connectivity index (χ4n) is 11.9. The highest BCUT2D eigenvalue weighted by Gasteiger charge is 2.47. The summed E-state index contributed by atoms with van der Waals surface area (Å²) in [5, 5.41) is 0. The molecule has 4 aliphatic rings. The van der Waals surface area contributed by atoms with Crippen LogP contribution < -0.4 is 18.9 Å². The zero-order valence-electron chi connectivity index (χ0n) is 46.2. The topological polar surface area (TPSA) is 136 Å². The van der Waals surface area contributed by atoms with Gasteiger partial charge in [-0.15, -0.1) is 0 Å². The molecule has 404 valence electrons. The van der Waals surface area contributed by atoms with Crippen molar-refractivity contribution in [3.63, 3.8) is 0 Å². The first-order valence-corrected chi connectivity index (χ1v) is 27.6. The van der Waals surface area contributed by atoms with E-state index in [0.717, 1.165) is 96.2 Å². The number of ether oxygens (including phenoxy) is 7. The number of aryl methyl sites for hydroxylation is 1. The van der Waals surface area contributed by atoms with E-state index in [1.165, 1.54) is 18.1 Å². The van der Waals surface area contributed by atoms with Crippen LogP contribution in [0, 0.1) is 18.8 Å². The van der Waals surface area contributed by atoms with Crippen LogP contribution in [0.5, 0.6) is 23.0 Å². The highest BCUT2D eigenvalue weighted by molar-refractivity contribution is 5.94. The third kappa shape index (κ3) is 12.7. The minimum atomic E-state index is -0.751. The molecule has 0 radical (unpaired) electrons. The third-order valence-electron chi connectivity index (χ3n) is 15.9. The van der Waals surface area contributed by atoms with Crippen LogP contribution in [0.4, 0.5) is 0 Å². The van der Waals surface area contributed by atoms with Gasteiger partial charge in [-0.1, -0.05) is 91.7 Å². The summed E-state index contributed by atoms with van der Waals surface area (Å²) in [6.45, 7) is 18.2. The molecule has 0 spiro atoms. The van der Waals surface area contributed by atoms with Crippen LogP contribution in [0.25, 0.3) is 0 Å². The molecular formula is C66H74O11. The molecule has 5 aromatic carbocycles. The lowest BCUT2D eigenvalue weighted by atomic mass is 9.68. The van der Waals surface area contributed by atoms with Gasteiger partial charge in [-0.2, -0.15) is 0 Å². The van der Waals surface area contributed by atoms with Crippen molar-refractivity contribution in [1.29, 1.82) is 0 Å². The zero-order chi connectivity index (χ0) is 54.5. The minimum absolute atomic E-state index is 0.0144. The lowest BCUT2D eigenvalue weighted by Gasteiger charge is -2.44. The molecule has 11 heteroatoms. The lowest BCUT2D eigenvalue weighted by molar-refractivity contribution is -0.174. The van der Waals surface area contributed by atoms with E-state index in [2.05, 4.69) is 65.8 Å². The van der Waals surface area contributed by atoms with Crippen LogP contribution in [0.15, 0.2) is 120 Å². The van der Waals surface area contributed by atoms with Crippen LogP contribution in [0.2, 0.25) is 0 Å². The number of esters is 4. The Morgan fingerprint density at radius 2 is 1.29 bits per heavy atom. The first-order valence-electron chi connectivity index (χ1n) is 27.6. The summed E-state index contributed by atoms with van der Waals surface area (Å²) in [5.74, 6) is 0.0563. The van der Waals surface area contributed by atoms with Gasteiger partial charge in [-0.3, -0.25) is 4.79 Å². The van der Waals surface area contributed by atoms with Gasteiger partial charge in [0.1, 0.15) is 17.6 Å². The third-order valence-corrected chi connectivity index (χ3v) is 15.9. The van der Waals surface area contributed by atoms with Crippen molar-refractivity contribution in [3.8, 4) is 23.0 Å². The number of allylic oxidation sites excluding steroid dienone is 4. The molecule has 1 saturated heterocycles.